The number of benzene rings is 1. The number of ether oxygens (including phenoxy) is 1. The Bertz CT molecular complexity index is 455. The van der Waals surface area contributed by atoms with Crippen molar-refractivity contribution in [2.45, 2.75) is 31.9 Å². The highest BCUT2D eigenvalue weighted by Gasteiger charge is 2.13. The van der Waals surface area contributed by atoms with Crippen LogP contribution in [0.15, 0.2) is 24.3 Å². The van der Waals surface area contributed by atoms with Crippen LogP contribution < -0.4 is 11.1 Å². The minimum atomic E-state index is -0.224. The Kier molecular flexibility index (Phi) is 6.17. The summed E-state index contributed by atoms with van der Waals surface area (Å²) in [6.45, 7) is 3.64. The summed E-state index contributed by atoms with van der Waals surface area (Å²) in [5, 5.41) is 2.91. The zero-order valence-corrected chi connectivity index (χ0v) is 12.7. The van der Waals surface area contributed by atoms with Gasteiger partial charge in [-0.25, -0.2) is 0 Å². The smallest absolute Gasteiger partial charge is 0.227 e. The standard InChI is InChI=1S/C16H25N3O2/c1-21-15(11-17)10-16(20)18-14-6-4-5-13(9-14)12-19-7-2-3-8-19/h4-6,9,15H,2-3,7-8,10-12,17H2,1H3,(H,18,20). The topological polar surface area (TPSA) is 67.6 Å². The van der Waals surface area contributed by atoms with Gasteiger partial charge in [-0.2, -0.15) is 0 Å². The van der Waals surface area contributed by atoms with Gasteiger partial charge >= 0.3 is 0 Å². The predicted molar refractivity (Wildman–Crippen MR) is 84.1 cm³/mol. The highest BCUT2D eigenvalue weighted by atomic mass is 16.5. The lowest BCUT2D eigenvalue weighted by Crippen LogP contribution is -2.28. The van der Waals surface area contributed by atoms with Gasteiger partial charge in [0.15, 0.2) is 0 Å². The molecule has 0 bridgehead atoms. The molecular formula is C16H25N3O2. The van der Waals surface area contributed by atoms with Crippen LogP contribution in [0, 0.1) is 0 Å². The minimum absolute atomic E-state index is 0.0642. The van der Waals surface area contributed by atoms with E-state index in [0.29, 0.717) is 6.54 Å². The fourth-order valence-corrected chi connectivity index (χ4v) is 2.63. The number of nitrogens with zero attached hydrogens (tertiary/aromatic N) is 1. The van der Waals surface area contributed by atoms with Gasteiger partial charge in [-0.05, 0) is 43.6 Å². The lowest BCUT2D eigenvalue weighted by Gasteiger charge is -2.16. The molecule has 0 spiro atoms. The number of nitrogens with one attached hydrogen (secondary N) is 1. The largest absolute Gasteiger partial charge is 0.380 e. The van der Waals surface area contributed by atoms with Crippen LogP contribution in [-0.4, -0.2) is 43.7 Å². The van der Waals surface area contributed by atoms with Crippen molar-refractivity contribution >= 4 is 11.6 Å². The molecule has 1 unspecified atom stereocenters. The molecule has 1 aromatic carbocycles. The van der Waals surface area contributed by atoms with E-state index < -0.39 is 0 Å². The lowest BCUT2D eigenvalue weighted by atomic mass is 10.1. The van der Waals surface area contributed by atoms with Crippen LogP contribution in [-0.2, 0) is 16.1 Å². The molecule has 3 N–H and O–H groups in total. The maximum Gasteiger partial charge on any atom is 0.227 e. The first kappa shape index (κ1) is 15.9. The van der Waals surface area contributed by atoms with Crippen LogP contribution in [0.2, 0.25) is 0 Å². The maximum atomic E-state index is 11.9. The van der Waals surface area contributed by atoms with E-state index in [1.165, 1.54) is 31.5 Å². The molecule has 0 radical (unpaired) electrons. The second kappa shape index (κ2) is 8.12. The number of anilines is 1. The zero-order valence-electron chi connectivity index (χ0n) is 12.7. The Hall–Kier alpha value is -1.43. The molecule has 1 aromatic rings. The van der Waals surface area contributed by atoms with Crippen LogP contribution in [0.4, 0.5) is 5.69 Å². The number of methoxy groups -OCH3 is 1. The Morgan fingerprint density at radius 1 is 1.43 bits per heavy atom. The second-order valence-electron chi connectivity index (χ2n) is 5.53. The fourth-order valence-electron chi connectivity index (χ4n) is 2.63. The first-order valence-corrected chi connectivity index (χ1v) is 7.55. The summed E-state index contributed by atoms with van der Waals surface area (Å²) >= 11 is 0. The quantitative estimate of drug-likeness (QED) is 0.800. The average Bonchev–Trinajstić information content (AvgIpc) is 2.98. The van der Waals surface area contributed by atoms with Crippen molar-refractivity contribution in [1.29, 1.82) is 0 Å². The molecule has 1 saturated heterocycles. The van der Waals surface area contributed by atoms with Crippen LogP contribution in [0.1, 0.15) is 24.8 Å². The van der Waals surface area contributed by atoms with Crippen molar-refractivity contribution in [2.75, 3.05) is 32.1 Å². The Morgan fingerprint density at radius 3 is 2.86 bits per heavy atom. The first-order valence-electron chi connectivity index (χ1n) is 7.55. The highest BCUT2D eigenvalue weighted by Crippen LogP contribution is 2.16. The zero-order chi connectivity index (χ0) is 15.1. The predicted octanol–water partition coefficient (Wildman–Crippen LogP) is 1.58. The van der Waals surface area contributed by atoms with Gasteiger partial charge < -0.3 is 15.8 Å². The Balaban J connectivity index is 1.89. The van der Waals surface area contributed by atoms with Gasteiger partial charge in [0.05, 0.1) is 12.5 Å². The minimum Gasteiger partial charge on any atom is -0.380 e. The van der Waals surface area contributed by atoms with Crippen molar-refractivity contribution in [3.8, 4) is 0 Å². The molecule has 5 heteroatoms. The third kappa shape index (κ3) is 5.12. The summed E-state index contributed by atoms with van der Waals surface area (Å²) in [5.74, 6) is -0.0642. The van der Waals surface area contributed by atoms with Crippen molar-refractivity contribution in [3.05, 3.63) is 29.8 Å². The highest BCUT2D eigenvalue weighted by molar-refractivity contribution is 5.91. The van der Waals surface area contributed by atoms with Gasteiger partial charge in [-0.15, -0.1) is 0 Å². The molecule has 0 aromatic heterocycles. The van der Waals surface area contributed by atoms with Gasteiger partial charge in [0.2, 0.25) is 5.91 Å². The number of amides is 1. The van der Waals surface area contributed by atoms with E-state index in [4.69, 9.17) is 10.5 Å². The van der Waals surface area contributed by atoms with Crippen molar-refractivity contribution in [3.63, 3.8) is 0 Å². The van der Waals surface area contributed by atoms with Gasteiger partial charge in [-0.1, -0.05) is 12.1 Å². The lowest BCUT2D eigenvalue weighted by molar-refractivity contribution is -0.118. The Labute approximate surface area is 126 Å². The summed E-state index contributed by atoms with van der Waals surface area (Å²) in [5.41, 5.74) is 7.60. The molecule has 2 rings (SSSR count). The Morgan fingerprint density at radius 2 is 2.19 bits per heavy atom. The molecule has 21 heavy (non-hydrogen) atoms. The third-order valence-electron chi connectivity index (χ3n) is 3.82. The molecule has 1 amide bonds. The molecule has 0 saturated carbocycles. The first-order chi connectivity index (χ1) is 10.2. The van der Waals surface area contributed by atoms with Crippen LogP contribution in [0.5, 0.6) is 0 Å². The number of rotatable bonds is 7. The van der Waals surface area contributed by atoms with E-state index in [1.54, 1.807) is 7.11 Å². The van der Waals surface area contributed by atoms with Crippen LogP contribution in [0.3, 0.4) is 0 Å². The molecule has 0 aliphatic carbocycles. The van der Waals surface area contributed by atoms with Gasteiger partial charge in [0.1, 0.15) is 0 Å². The molecule has 1 aliphatic heterocycles. The van der Waals surface area contributed by atoms with Gasteiger partial charge in [0, 0.05) is 25.9 Å². The van der Waals surface area contributed by atoms with E-state index >= 15 is 0 Å². The van der Waals surface area contributed by atoms with E-state index in [-0.39, 0.29) is 18.4 Å². The van der Waals surface area contributed by atoms with E-state index in [1.807, 2.05) is 18.2 Å². The summed E-state index contributed by atoms with van der Waals surface area (Å²) in [6, 6.07) is 8.04. The number of hydrogen-bond acceptors (Lipinski definition) is 4. The maximum absolute atomic E-state index is 11.9. The summed E-state index contributed by atoms with van der Waals surface area (Å²) in [7, 11) is 1.57. The van der Waals surface area contributed by atoms with Crippen LogP contribution in [0.25, 0.3) is 0 Å². The summed E-state index contributed by atoms with van der Waals surface area (Å²) < 4.78 is 5.13. The molecule has 1 fully saturated rings. The van der Waals surface area contributed by atoms with Crippen molar-refractivity contribution in [1.82, 2.24) is 4.90 Å². The molecule has 1 atom stereocenters. The van der Waals surface area contributed by atoms with Gasteiger partial charge in [0.25, 0.3) is 0 Å². The normalized spacial score (nSPS) is 16.9. The monoisotopic (exact) mass is 291 g/mol. The fraction of sp³-hybridized carbons (Fsp3) is 0.562. The van der Waals surface area contributed by atoms with E-state index in [9.17, 15) is 4.79 Å². The number of carbonyl (C=O) groups is 1. The molecule has 116 valence electrons. The van der Waals surface area contributed by atoms with Crippen LogP contribution >= 0.6 is 0 Å². The molecule has 5 nitrogen and oxygen atoms in total. The average molecular weight is 291 g/mol. The van der Waals surface area contributed by atoms with Crippen molar-refractivity contribution in [2.24, 2.45) is 5.73 Å². The number of likely N-dealkylation sites (tertiary alicyclic amines) is 1. The third-order valence-corrected chi connectivity index (χ3v) is 3.82. The SMILES string of the molecule is COC(CN)CC(=O)Nc1cccc(CN2CCCC2)c1. The number of nitrogens with two attached hydrogens (primary N) is 1. The van der Waals surface area contributed by atoms with Gasteiger partial charge in [-0.3, -0.25) is 9.69 Å². The molecular weight excluding hydrogens is 266 g/mol. The van der Waals surface area contributed by atoms with E-state index in [2.05, 4.69) is 16.3 Å². The molecule has 1 heterocycles. The summed E-state index contributed by atoms with van der Waals surface area (Å²) in [6.07, 6.45) is 2.63. The summed E-state index contributed by atoms with van der Waals surface area (Å²) in [4.78, 5) is 14.4. The number of carbonyl (C=O) groups excluding carboxylic acids is 1. The van der Waals surface area contributed by atoms with E-state index in [0.717, 1.165) is 12.2 Å². The second-order valence-corrected chi connectivity index (χ2v) is 5.53. The molecule has 1 aliphatic rings. The number of hydrogen-bond donors (Lipinski definition) is 2. The van der Waals surface area contributed by atoms with Crippen molar-refractivity contribution < 1.29 is 9.53 Å².